The Labute approximate surface area is 168 Å². The molecule has 0 bridgehead atoms. The van der Waals surface area contributed by atoms with Crippen molar-refractivity contribution in [2.75, 3.05) is 25.6 Å². The van der Waals surface area contributed by atoms with Gasteiger partial charge in [-0.3, -0.25) is 4.79 Å². The maximum atomic E-state index is 11.5. The van der Waals surface area contributed by atoms with Gasteiger partial charge in [0.05, 0.1) is 28.8 Å². The Bertz CT molecular complexity index is 739. The van der Waals surface area contributed by atoms with E-state index in [0.717, 1.165) is 9.13 Å². The zero-order valence-corrected chi connectivity index (χ0v) is 17.3. The number of carbonyl (C=O) groups is 2. The molecule has 0 atom stereocenters. The van der Waals surface area contributed by atoms with Gasteiger partial charge in [-0.25, -0.2) is 4.79 Å². The second-order valence-corrected chi connectivity index (χ2v) is 6.97. The lowest BCUT2D eigenvalue weighted by Crippen LogP contribution is -2.19. The van der Waals surface area contributed by atoms with Gasteiger partial charge in [0.15, 0.2) is 23.3 Å². The van der Waals surface area contributed by atoms with Crippen LogP contribution in [0.1, 0.15) is 19.4 Å². The largest absolute Gasteiger partial charge is 0.490 e. The molecule has 1 saturated heterocycles. The molecular formula is C16H18IN3O5S. The van der Waals surface area contributed by atoms with Gasteiger partial charge in [-0.05, 0) is 54.1 Å². The summed E-state index contributed by atoms with van der Waals surface area (Å²) in [6.45, 7) is 4.14. The maximum absolute atomic E-state index is 11.5. The normalized spacial score (nSPS) is 15.3. The highest BCUT2D eigenvalue weighted by atomic mass is 127. The van der Waals surface area contributed by atoms with Crippen molar-refractivity contribution >= 4 is 57.6 Å². The van der Waals surface area contributed by atoms with Crippen LogP contribution in [0.4, 0.5) is 0 Å². The second-order valence-electron chi connectivity index (χ2n) is 4.84. The average Bonchev–Trinajstić information content (AvgIpc) is 3.00. The van der Waals surface area contributed by atoms with E-state index in [-0.39, 0.29) is 12.5 Å². The van der Waals surface area contributed by atoms with Crippen LogP contribution in [0.5, 0.6) is 11.5 Å². The molecule has 1 fully saturated rings. The fourth-order valence-electron chi connectivity index (χ4n) is 1.93. The van der Waals surface area contributed by atoms with Crippen molar-refractivity contribution in [3.05, 3.63) is 21.3 Å². The molecule has 140 valence electrons. The number of hydrogen-bond acceptors (Lipinski definition) is 8. The zero-order valence-electron chi connectivity index (χ0n) is 14.3. The number of amides is 1. The predicted octanol–water partition coefficient (Wildman–Crippen LogP) is 2.18. The Morgan fingerprint density at radius 1 is 1.35 bits per heavy atom. The number of thioether (sulfide) groups is 1. The van der Waals surface area contributed by atoms with Crippen LogP contribution in [0, 0.1) is 3.57 Å². The number of hydrogen-bond donors (Lipinski definition) is 1. The third-order valence-electron chi connectivity index (χ3n) is 2.91. The van der Waals surface area contributed by atoms with Gasteiger partial charge >= 0.3 is 5.97 Å². The lowest BCUT2D eigenvalue weighted by molar-refractivity contribution is -0.145. The molecule has 0 unspecified atom stereocenters. The Kier molecular flexibility index (Phi) is 8.16. The smallest absolute Gasteiger partial charge is 0.344 e. The molecule has 1 aromatic rings. The molecule has 0 radical (unpaired) electrons. The molecule has 1 N–H and O–H groups in total. The van der Waals surface area contributed by atoms with Crippen LogP contribution in [-0.4, -0.2) is 48.8 Å². The molecular weight excluding hydrogens is 473 g/mol. The minimum absolute atomic E-state index is 0.0831. The van der Waals surface area contributed by atoms with E-state index in [9.17, 15) is 9.59 Å². The van der Waals surface area contributed by atoms with Crippen molar-refractivity contribution in [1.82, 2.24) is 5.32 Å². The van der Waals surface area contributed by atoms with Crippen LogP contribution in [-0.2, 0) is 14.3 Å². The summed E-state index contributed by atoms with van der Waals surface area (Å²) in [6.07, 6.45) is 1.55. The Hall–Kier alpha value is -1.82. The molecule has 8 nitrogen and oxygen atoms in total. The number of amidine groups is 1. The van der Waals surface area contributed by atoms with Gasteiger partial charge in [0, 0.05) is 0 Å². The number of benzene rings is 1. The first-order valence-corrected chi connectivity index (χ1v) is 9.88. The average molecular weight is 491 g/mol. The molecule has 26 heavy (non-hydrogen) atoms. The summed E-state index contributed by atoms with van der Waals surface area (Å²) in [6, 6.07) is 3.57. The van der Waals surface area contributed by atoms with Crippen LogP contribution >= 0.6 is 34.4 Å². The van der Waals surface area contributed by atoms with E-state index in [1.807, 2.05) is 13.0 Å². The molecule has 1 aliphatic rings. The van der Waals surface area contributed by atoms with E-state index in [0.29, 0.717) is 35.6 Å². The first-order chi connectivity index (χ1) is 12.5. The molecule has 1 aromatic carbocycles. The highest BCUT2D eigenvalue weighted by Gasteiger charge is 2.16. The van der Waals surface area contributed by atoms with Crippen molar-refractivity contribution in [3.8, 4) is 11.5 Å². The topological polar surface area (TPSA) is 98.6 Å². The number of nitrogens with one attached hydrogen (secondary N) is 1. The molecule has 1 aliphatic heterocycles. The first kappa shape index (κ1) is 20.5. The summed E-state index contributed by atoms with van der Waals surface area (Å²) in [5.74, 6) is 0.806. The third-order valence-corrected chi connectivity index (χ3v) is 4.58. The van der Waals surface area contributed by atoms with E-state index >= 15 is 0 Å². The summed E-state index contributed by atoms with van der Waals surface area (Å²) >= 11 is 3.40. The minimum Gasteiger partial charge on any atom is -0.490 e. The standard InChI is InChI=1S/C16H18IN3O5S/c1-3-23-12-6-10(7-18-20-16-19-13(21)9-26-16)5-11(17)15(12)25-8-14(22)24-4-2/h5-7H,3-4,8-9H2,1-2H3,(H,19,20,21). The Morgan fingerprint density at radius 2 is 2.15 bits per heavy atom. The molecule has 10 heteroatoms. The van der Waals surface area contributed by atoms with Crippen molar-refractivity contribution in [2.45, 2.75) is 13.8 Å². The third kappa shape index (κ3) is 6.16. The zero-order chi connectivity index (χ0) is 18.9. The molecule has 2 rings (SSSR count). The van der Waals surface area contributed by atoms with E-state index in [2.05, 4.69) is 38.1 Å². The minimum atomic E-state index is -0.441. The van der Waals surface area contributed by atoms with Gasteiger partial charge in [0.2, 0.25) is 5.91 Å². The van der Waals surface area contributed by atoms with Gasteiger partial charge in [0.1, 0.15) is 0 Å². The van der Waals surface area contributed by atoms with Crippen LogP contribution in [0.2, 0.25) is 0 Å². The van der Waals surface area contributed by atoms with E-state index in [1.165, 1.54) is 11.8 Å². The number of rotatable bonds is 8. The van der Waals surface area contributed by atoms with Gasteiger partial charge < -0.3 is 19.5 Å². The van der Waals surface area contributed by atoms with Crippen molar-refractivity contribution in [3.63, 3.8) is 0 Å². The van der Waals surface area contributed by atoms with Crippen LogP contribution in [0.15, 0.2) is 22.3 Å². The monoisotopic (exact) mass is 491 g/mol. The van der Waals surface area contributed by atoms with Crippen molar-refractivity contribution in [1.29, 1.82) is 0 Å². The number of nitrogens with zero attached hydrogens (tertiary/aromatic N) is 2. The number of carbonyl (C=O) groups excluding carboxylic acids is 2. The lowest BCUT2D eigenvalue weighted by atomic mass is 10.2. The molecule has 0 aliphatic carbocycles. The first-order valence-electron chi connectivity index (χ1n) is 7.81. The molecule has 1 amide bonds. The van der Waals surface area contributed by atoms with Crippen LogP contribution in [0.25, 0.3) is 0 Å². The van der Waals surface area contributed by atoms with Gasteiger partial charge in [0.25, 0.3) is 0 Å². The predicted molar refractivity (Wildman–Crippen MR) is 108 cm³/mol. The quantitative estimate of drug-likeness (QED) is 0.259. The number of halogens is 1. The summed E-state index contributed by atoms with van der Waals surface area (Å²) in [4.78, 5) is 22.6. The number of ether oxygens (including phenoxy) is 3. The van der Waals surface area contributed by atoms with Gasteiger partial charge in [-0.1, -0.05) is 11.8 Å². The highest BCUT2D eigenvalue weighted by molar-refractivity contribution is 14.1. The summed E-state index contributed by atoms with van der Waals surface area (Å²) in [5.41, 5.74) is 0.750. The SMILES string of the molecule is CCOC(=O)COc1c(I)cc(C=NN=C2NC(=O)CS2)cc1OCC. The Balaban J connectivity index is 2.13. The number of esters is 1. The summed E-state index contributed by atoms with van der Waals surface area (Å²) < 4.78 is 16.8. The van der Waals surface area contributed by atoms with E-state index in [4.69, 9.17) is 14.2 Å². The van der Waals surface area contributed by atoms with E-state index in [1.54, 1.807) is 19.2 Å². The van der Waals surface area contributed by atoms with E-state index < -0.39 is 5.97 Å². The van der Waals surface area contributed by atoms with Crippen molar-refractivity contribution < 1.29 is 23.8 Å². The fraction of sp³-hybridized carbons (Fsp3) is 0.375. The second kappa shape index (κ2) is 10.4. The molecule has 0 saturated carbocycles. The van der Waals surface area contributed by atoms with Crippen molar-refractivity contribution in [2.24, 2.45) is 10.2 Å². The summed E-state index contributed by atoms with van der Waals surface area (Å²) in [5, 5.41) is 11.0. The van der Waals surface area contributed by atoms with Crippen LogP contribution in [0.3, 0.4) is 0 Å². The highest BCUT2D eigenvalue weighted by Crippen LogP contribution is 2.34. The van der Waals surface area contributed by atoms with Gasteiger partial charge in [-0.2, -0.15) is 5.10 Å². The van der Waals surface area contributed by atoms with Crippen LogP contribution < -0.4 is 14.8 Å². The van der Waals surface area contributed by atoms with Gasteiger partial charge in [-0.15, -0.1) is 5.10 Å². The molecule has 0 aromatic heterocycles. The fourth-order valence-corrected chi connectivity index (χ4v) is 3.34. The summed E-state index contributed by atoms with van der Waals surface area (Å²) in [7, 11) is 0. The molecule has 0 spiro atoms. The Morgan fingerprint density at radius 3 is 2.81 bits per heavy atom. The lowest BCUT2D eigenvalue weighted by Gasteiger charge is -2.14. The molecule has 1 heterocycles. The maximum Gasteiger partial charge on any atom is 0.344 e.